The zero-order chi connectivity index (χ0) is 13.0. The van der Waals surface area contributed by atoms with Crippen LogP contribution in [-0.2, 0) is 9.47 Å². The van der Waals surface area contributed by atoms with E-state index in [2.05, 4.69) is 0 Å². The lowest BCUT2D eigenvalue weighted by Gasteiger charge is -2.22. The first-order valence-electron chi connectivity index (χ1n) is 5.88. The fourth-order valence-corrected chi connectivity index (χ4v) is 2.06. The molecular formula is C13H14Cl2O3. The Labute approximate surface area is 116 Å². The number of Topliss-reactive ketones (excluding diaryl/α,β-unsaturated/α-hetero) is 1. The van der Waals surface area contributed by atoms with Crippen molar-refractivity contribution < 1.29 is 14.3 Å². The van der Waals surface area contributed by atoms with Crippen molar-refractivity contribution in [2.24, 2.45) is 0 Å². The number of ether oxygens (including phenoxy) is 2. The van der Waals surface area contributed by atoms with Crippen LogP contribution >= 0.6 is 23.2 Å². The van der Waals surface area contributed by atoms with Crippen LogP contribution in [0.4, 0.5) is 0 Å². The van der Waals surface area contributed by atoms with Crippen molar-refractivity contribution in [2.75, 3.05) is 13.2 Å². The first-order valence-corrected chi connectivity index (χ1v) is 6.64. The van der Waals surface area contributed by atoms with E-state index in [4.69, 9.17) is 32.7 Å². The maximum absolute atomic E-state index is 11.9. The molecule has 1 aromatic carbocycles. The number of carbonyl (C=O) groups is 1. The molecule has 0 aromatic heterocycles. The number of rotatable bonds is 4. The van der Waals surface area contributed by atoms with Crippen LogP contribution in [0.5, 0.6) is 0 Å². The summed E-state index contributed by atoms with van der Waals surface area (Å²) in [6, 6.07) is 4.80. The lowest BCUT2D eigenvalue weighted by atomic mass is 10.1. The topological polar surface area (TPSA) is 35.5 Å². The van der Waals surface area contributed by atoms with Crippen LogP contribution in [0.15, 0.2) is 18.2 Å². The van der Waals surface area contributed by atoms with Gasteiger partial charge in [0.15, 0.2) is 12.1 Å². The summed E-state index contributed by atoms with van der Waals surface area (Å²) in [6.45, 7) is 0.703. The number of hydrogen-bond acceptors (Lipinski definition) is 3. The standard InChI is InChI=1S/C13H14Cl2O3/c14-10-5-4-9(7-11(10)15)12(16)8-18-13-3-1-2-6-17-13/h4-5,7,13H,1-3,6,8H2. The summed E-state index contributed by atoms with van der Waals surface area (Å²) in [6.07, 6.45) is 2.71. The van der Waals surface area contributed by atoms with E-state index < -0.39 is 0 Å². The molecule has 1 saturated heterocycles. The Hall–Kier alpha value is -0.610. The first kappa shape index (κ1) is 13.8. The van der Waals surface area contributed by atoms with Gasteiger partial charge in [-0.05, 0) is 37.5 Å². The van der Waals surface area contributed by atoms with E-state index in [9.17, 15) is 4.79 Å². The molecule has 1 heterocycles. The molecule has 1 aliphatic heterocycles. The van der Waals surface area contributed by atoms with Crippen molar-refractivity contribution in [3.8, 4) is 0 Å². The van der Waals surface area contributed by atoms with Gasteiger partial charge in [0, 0.05) is 12.2 Å². The molecule has 0 N–H and O–H groups in total. The van der Waals surface area contributed by atoms with Gasteiger partial charge in [-0.3, -0.25) is 4.79 Å². The van der Waals surface area contributed by atoms with Crippen LogP contribution in [0.3, 0.4) is 0 Å². The van der Waals surface area contributed by atoms with E-state index in [1.54, 1.807) is 18.2 Å². The van der Waals surface area contributed by atoms with Crippen molar-refractivity contribution in [1.29, 1.82) is 0 Å². The molecule has 1 fully saturated rings. The fourth-order valence-electron chi connectivity index (χ4n) is 1.76. The van der Waals surface area contributed by atoms with Gasteiger partial charge in [-0.15, -0.1) is 0 Å². The number of benzene rings is 1. The first-order chi connectivity index (χ1) is 8.66. The zero-order valence-corrected chi connectivity index (χ0v) is 11.3. The third kappa shape index (κ3) is 3.69. The Bertz CT molecular complexity index is 428. The molecule has 3 nitrogen and oxygen atoms in total. The van der Waals surface area contributed by atoms with Crippen LogP contribution in [0.1, 0.15) is 29.6 Å². The van der Waals surface area contributed by atoms with Crippen molar-refractivity contribution in [3.05, 3.63) is 33.8 Å². The lowest BCUT2D eigenvalue weighted by molar-refractivity contribution is -0.155. The molecule has 0 bridgehead atoms. The normalized spacial score (nSPS) is 19.8. The van der Waals surface area contributed by atoms with Gasteiger partial charge >= 0.3 is 0 Å². The lowest BCUT2D eigenvalue weighted by Crippen LogP contribution is -2.25. The fraction of sp³-hybridized carbons (Fsp3) is 0.462. The minimum absolute atomic E-state index is 0.00261. The van der Waals surface area contributed by atoms with Gasteiger partial charge in [0.05, 0.1) is 10.0 Å². The Balaban J connectivity index is 1.88. The summed E-state index contributed by atoms with van der Waals surface area (Å²) in [5.41, 5.74) is 0.500. The van der Waals surface area contributed by atoms with Crippen molar-refractivity contribution in [2.45, 2.75) is 25.6 Å². The highest BCUT2D eigenvalue weighted by molar-refractivity contribution is 6.42. The summed E-state index contributed by atoms with van der Waals surface area (Å²) >= 11 is 11.6. The molecule has 2 rings (SSSR count). The van der Waals surface area contributed by atoms with E-state index in [0.717, 1.165) is 19.3 Å². The monoisotopic (exact) mass is 288 g/mol. The molecular weight excluding hydrogens is 275 g/mol. The third-order valence-electron chi connectivity index (χ3n) is 2.78. The van der Waals surface area contributed by atoms with Crippen LogP contribution < -0.4 is 0 Å². The second-order valence-corrected chi connectivity index (χ2v) is 4.97. The van der Waals surface area contributed by atoms with Gasteiger partial charge in [0.25, 0.3) is 0 Å². The zero-order valence-electron chi connectivity index (χ0n) is 9.83. The van der Waals surface area contributed by atoms with Crippen molar-refractivity contribution in [3.63, 3.8) is 0 Å². The van der Waals surface area contributed by atoms with E-state index in [0.29, 0.717) is 22.2 Å². The number of hydrogen-bond donors (Lipinski definition) is 0. The Morgan fingerprint density at radius 2 is 2.17 bits per heavy atom. The van der Waals surface area contributed by atoms with Crippen LogP contribution in [0, 0.1) is 0 Å². The van der Waals surface area contributed by atoms with Gasteiger partial charge in [-0.25, -0.2) is 0 Å². The van der Waals surface area contributed by atoms with Crippen molar-refractivity contribution in [1.82, 2.24) is 0 Å². The molecule has 98 valence electrons. The Morgan fingerprint density at radius 1 is 1.33 bits per heavy atom. The third-order valence-corrected chi connectivity index (χ3v) is 3.52. The molecule has 0 amide bonds. The summed E-state index contributed by atoms with van der Waals surface area (Å²) in [5.74, 6) is -0.122. The van der Waals surface area contributed by atoms with Crippen LogP contribution in [0.25, 0.3) is 0 Å². The SMILES string of the molecule is O=C(COC1CCCCO1)c1ccc(Cl)c(Cl)c1. The van der Waals surface area contributed by atoms with E-state index in [1.807, 2.05) is 0 Å². The molecule has 1 aliphatic rings. The second-order valence-electron chi connectivity index (χ2n) is 4.16. The van der Waals surface area contributed by atoms with Gasteiger partial charge in [-0.1, -0.05) is 23.2 Å². The highest BCUT2D eigenvalue weighted by Crippen LogP contribution is 2.23. The average Bonchev–Trinajstić information content (AvgIpc) is 2.40. The van der Waals surface area contributed by atoms with Gasteiger partial charge in [0.2, 0.25) is 0 Å². The van der Waals surface area contributed by atoms with E-state index in [1.165, 1.54) is 0 Å². The molecule has 0 spiro atoms. The molecule has 0 saturated carbocycles. The van der Waals surface area contributed by atoms with Gasteiger partial charge < -0.3 is 9.47 Å². The number of halogens is 2. The highest BCUT2D eigenvalue weighted by atomic mass is 35.5. The molecule has 5 heteroatoms. The number of ketones is 1. The number of carbonyl (C=O) groups excluding carboxylic acids is 1. The summed E-state index contributed by atoms with van der Waals surface area (Å²) < 4.78 is 10.8. The quantitative estimate of drug-likeness (QED) is 0.792. The molecule has 0 radical (unpaired) electrons. The molecule has 1 aromatic rings. The maximum atomic E-state index is 11.9. The summed E-state index contributed by atoms with van der Waals surface area (Å²) in [4.78, 5) is 11.9. The molecule has 18 heavy (non-hydrogen) atoms. The summed E-state index contributed by atoms with van der Waals surface area (Å²) in [7, 11) is 0. The Kier molecular flexibility index (Phi) is 5.01. The average molecular weight is 289 g/mol. The highest BCUT2D eigenvalue weighted by Gasteiger charge is 2.16. The smallest absolute Gasteiger partial charge is 0.188 e. The van der Waals surface area contributed by atoms with Crippen LogP contribution in [-0.4, -0.2) is 25.3 Å². The van der Waals surface area contributed by atoms with Gasteiger partial charge in [0.1, 0.15) is 6.61 Å². The van der Waals surface area contributed by atoms with Crippen LogP contribution in [0.2, 0.25) is 10.0 Å². The van der Waals surface area contributed by atoms with E-state index >= 15 is 0 Å². The van der Waals surface area contributed by atoms with Crippen molar-refractivity contribution >= 4 is 29.0 Å². The minimum atomic E-state index is -0.259. The summed E-state index contributed by atoms with van der Waals surface area (Å²) in [5, 5.41) is 0.807. The largest absolute Gasteiger partial charge is 0.353 e. The maximum Gasteiger partial charge on any atom is 0.188 e. The van der Waals surface area contributed by atoms with Gasteiger partial charge in [-0.2, -0.15) is 0 Å². The molecule has 1 atom stereocenters. The molecule has 0 aliphatic carbocycles. The van der Waals surface area contributed by atoms with E-state index in [-0.39, 0.29) is 18.7 Å². The second kappa shape index (κ2) is 6.53. The molecule has 1 unspecified atom stereocenters. The predicted molar refractivity (Wildman–Crippen MR) is 70.3 cm³/mol. The Morgan fingerprint density at radius 3 is 2.83 bits per heavy atom. The minimum Gasteiger partial charge on any atom is -0.353 e. The predicted octanol–water partition coefficient (Wildman–Crippen LogP) is 3.72.